The molecular weight excluding hydrogens is 380 g/mol. The van der Waals surface area contributed by atoms with E-state index in [0.717, 1.165) is 5.56 Å². The average Bonchev–Trinajstić information content (AvgIpc) is 3.16. The van der Waals surface area contributed by atoms with Crippen LogP contribution in [0.2, 0.25) is 0 Å². The van der Waals surface area contributed by atoms with E-state index in [1.165, 1.54) is 11.3 Å². The Morgan fingerprint density at radius 2 is 1.79 bits per heavy atom. The third kappa shape index (κ3) is 5.07. The van der Waals surface area contributed by atoms with E-state index in [1.54, 1.807) is 22.1 Å². The minimum atomic E-state index is -0.355. The lowest BCUT2D eigenvalue weighted by molar-refractivity contribution is -0.115. The smallest absolute Gasteiger partial charge is 0.409 e. The van der Waals surface area contributed by atoms with Crippen molar-refractivity contribution >= 4 is 34.4 Å². The molecule has 1 aliphatic rings. The molecule has 0 saturated carbocycles. The van der Waals surface area contributed by atoms with E-state index in [0.29, 0.717) is 43.6 Å². The first kappa shape index (κ1) is 19.8. The molecule has 3 amide bonds. The zero-order valence-electron chi connectivity index (χ0n) is 15.6. The maximum absolute atomic E-state index is 12.6. The zero-order chi connectivity index (χ0) is 19.9. The summed E-state index contributed by atoms with van der Waals surface area (Å²) in [5.74, 6) is -0.383. The first-order valence-corrected chi connectivity index (χ1v) is 9.95. The highest BCUT2D eigenvalue weighted by Crippen LogP contribution is 2.18. The van der Waals surface area contributed by atoms with Crippen molar-refractivity contribution in [2.24, 2.45) is 0 Å². The molecule has 1 saturated heterocycles. The number of ether oxygens (including phenoxy) is 1. The van der Waals surface area contributed by atoms with Crippen LogP contribution in [-0.4, -0.2) is 65.5 Å². The third-order valence-electron chi connectivity index (χ3n) is 4.27. The van der Waals surface area contributed by atoms with Crippen molar-refractivity contribution < 1.29 is 19.1 Å². The highest BCUT2D eigenvalue weighted by atomic mass is 32.1. The second kappa shape index (κ2) is 9.32. The topological polar surface area (TPSA) is 91.8 Å². The van der Waals surface area contributed by atoms with Crippen molar-refractivity contribution in [2.45, 2.75) is 13.3 Å². The van der Waals surface area contributed by atoms with Crippen LogP contribution in [0, 0.1) is 0 Å². The number of carbonyl (C=O) groups excluding carboxylic acids is 3. The van der Waals surface area contributed by atoms with Crippen molar-refractivity contribution in [3.05, 3.63) is 47.0 Å². The number of rotatable bonds is 5. The average molecular weight is 402 g/mol. The molecule has 1 aliphatic heterocycles. The molecule has 1 fully saturated rings. The summed E-state index contributed by atoms with van der Waals surface area (Å²) in [4.78, 5) is 44.0. The Hall–Kier alpha value is -2.94. The first-order valence-electron chi connectivity index (χ1n) is 9.07. The molecule has 9 heteroatoms. The number of anilines is 1. The summed E-state index contributed by atoms with van der Waals surface area (Å²) in [6.45, 7) is 3.78. The zero-order valence-corrected chi connectivity index (χ0v) is 16.4. The molecule has 0 radical (unpaired) electrons. The Kier molecular flexibility index (Phi) is 6.59. The molecule has 2 heterocycles. The summed E-state index contributed by atoms with van der Waals surface area (Å²) in [5, 5.41) is 4.77. The molecule has 28 heavy (non-hydrogen) atoms. The first-order chi connectivity index (χ1) is 13.6. The van der Waals surface area contributed by atoms with Gasteiger partial charge >= 0.3 is 6.09 Å². The van der Waals surface area contributed by atoms with Gasteiger partial charge in [0.2, 0.25) is 5.91 Å². The summed E-state index contributed by atoms with van der Waals surface area (Å²) in [6.07, 6.45) is -0.105. The largest absolute Gasteiger partial charge is 0.450 e. The fourth-order valence-electron chi connectivity index (χ4n) is 2.84. The predicted octanol–water partition coefficient (Wildman–Crippen LogP) is 2.24. The van der Waals surface area contributed by atoms with Gasteiger partial charge in [0.25, 0.3) is 5.91 Å². The summed E-state index contributed by atoms with van der Waals surface area (Å²) in [7, 11) is 0. The number of hydrogen-bond acceptors (Lipinski definition) is 6. The van der Waals surface area contributed by atoms with Crippen LogP contribution in [0.4, 0.5) is 9.93 Å². The van der Waals surface area contributed by atoms with Crippen LogP contribution >= 0.6 is 11.3 Å². The standard InChI is InChI=1S/C19H22N4O4S/c1-2-27-19(26)23-10-8-22(9-11-23)17(25)15-13-28-18(20-15)21-16(24)12-14-6-4-3-5-7-14/h3-7,13H,2,8-12H2,1H3,(H,20,21,24). The molecule has 0 aliphatic carbocycles. The maximum atomic E-state index is 12.6. The Labute approximate surface area is 167 Å². The van der Waals surface area contributed by atoms with Gasteiger partial charge in [-0.2, -0.15) is 0 Å². The molecule has 1 N–H and O–H groups in total. The van der Waals surface area contributed by atoms with Gasteiger partial charge in [-0.15, -0.1) is 11.3 Å². The number of carbonyl (C=O) groups is 3. The third-order valence-corrected chi connectivity index (χ3v) is 5.03. The van der Waals surface area contributed by atoms with Gasteiger partial charge in [-0.05, 0) is 12.5 Å². The van der Waals surface area contributed by atoms with Gasteiger partial charge in [0.1, 0.15) is 5.69 Å². The fourth-order valence-corrected chi connectivity index (χ4v) is 3.54. The summed E-state index contributed by atoms with van der Waals surface area (Å²) in [6, 6.07) is 9.42. The Morgan fingerprint density at radius 1 is 1.11 bits per heavy atom. The number of amides is 3. The van der Waals surface area contributed by atoms with Gasteiger partial charge in [-0.1, -0.05) is 30.3 Å². The second-order valence-electron chi connectivity index (χ2n) is 6.23. The number of thiazole rings is 1. The SMILES string of the molecule is CCOC(=O)N1CCN(C(=O)c2csc(NC(=O)Cc3ccccc3)n2)CC1. The summed E-state index contributed by atoms with van der Waals surface area (Å²) in [5.41, 5.74) is 1.21. The molecule has 0 unspecified atom stereocenters. The van der Waals surface area contributed by atoms with E-state index in [4.69, 9.17) is 4.74 Å². The number of piperazine rings is 1. The minimum absolute atomic E-state index is 0.178. The highest BCUT2D eigenvalue weighted by Gasteiger charge is 2.26. The van der Waals surface area contributed by atoms with Crippen molar-refractivity contribution in [3.63, 3.8) is 0 Å². The number of aromatic nitrogens is 1. The Morgan fingerprint density at radius 3 is 2.46 bits per heavy atom. The van der Waals surface area contributed by atoms with Gasteiger partial charge in [0.15, 0.2) is 5.13 Å². The molecule has 3 rings (SSSR count). The lowest BCUT2D eigenvalue weighted by Crippen LogP contribution is -2.50. The normalized spacial score (nSPS) is 13.9. The Bertz CT molecular complexity index is 831. The van der Waals surface area contributed by atoms with Crippen molar-refractivity contribution in [1.29, 1.82) is 0 Å². The van der Waals surface area contributed by atoms with Crippen LogP contribution in [0.5, 0.6) is 0 Å². The molecule has 148 valence electrons. The van der Waals surface area contributed by atoms with E-state index >= 15 is 0 Å². The molecule has 1 aromatic heterocycles. The van der Waals surface area contributed by atoms with E-state index in [9.17, 15) is 14.4 Å². The van der Waals surface area contributed by atoms with Crippen molar-refractivity contribution in [2.75, 3.05) is 38.1 Å². The van der Waals surface area contributed by atoms with Crippen molar-refractivity contribution in [3.8, 4) is 0 Å². The molecule has 0 spiro atoms. The lowest BCUT2D eigenvalue weighted by Gasteiger charge is -2.33. The van der Waals surface area contributed by atoms with E-state index in [2.05, 4.69) is 10.3 Å². The molecular formula is C19H22N4O4S. The quantitative estimate of drug-likeness (QED) is 0.828. The van der Waals surface area contributed by atoms with Gasteiger partial charge in [0.05, 0.1) is 13.0 Å². The lowest BCUT2D eigenvalue weighted by atomic mass is 10.1. The second-order valence-corrected chi connectivity index (χ2v) is 7.08. The van der Waals surface area contributed by atoms with Gasteiger partial charge in [-0.3, -0.25) is 9.59 Å². The van der Waals surface area contributed by atoms with E-state index in [1.807, 2.05) is 30.3 Å². The van der Waals surface area contributed by atoms with Crippen LogP contribution in [0.3, 0.4) is 0 Å². The number of nitrogens with one attached hydrogen (secondary N) is 1. The molecule has 0 atom stereocenters. The Balaban J connectivity index is 1.51. The van der Waals surface area contributed by atoms with Crippen LogP contribution in [0.1, 0.15) is 23.0 Å². The molecule has 8 nitrogen and oxygen atoms in total. The molecule has 1 aromatic carbocycles. The predicted molar refractivity (Wildman–Crippen MR) is 105 cm³/mol. The molecule has 2 aromatic rings. The fraction of sp³-hybridized carbons (Fsp3) is 0.368. The number of hydrogen-bond donors (Lipinski definition) is 1. The van der Waals surface area contributed by atoms with Crippen LogP contribution in [0.25, 0.3) is 0 Å². The summed E-state index contributed by atoms with van der Waals surface area (Å²) < 4.78 is 4.98. The van der Waals surface area contributed by atoms with Gasteiger partial charge in [-0.25, -0.2) is 9.78 Å². The molecule has 0 bridgehead atoms. The van der Waals surface area contributed by atoms with Crippen LogP contribution in [-0.2, 0) is 16.0 Å². The van der Waals surface area contributed by atoms with Gasteiger partial charge in [0, 0.05) is 31.6 Å². The monoisotopic (exact) mass is 402 g/mol. The maximum Gasteiger partial charge on any atom is 0.409 e. The van der Waals surface area contributed by atoms with E-state index < -0.39 is 0 Å². The number of nitrogens with zero attached hydrogens (tertiary/aromatic N) is 3. The minimum Gasteiger partial charge on any atom is -0.450 e. The van der Waals surface area contributed by atoms with Gasteiger partial charge < -0.3 is 19.9 Å². The van der Waals surface area contributed by atoms with E-state index in [-0.39, 0.29) is 24.3 Å². The van der Waals surface area contributed by atoms with Crippen molar-refractivity contribution in [1.82, 2.24) is 14.8 Å². The summed E-state index contributed by atoms with van der Waals surface area (Å²) >= 11 is 1.22. The highest BCUT2D eigenvalue weighted by molar-refractivity contribution is 7.14. The number of benzene rings is 1. The van der Waals surface area contributed by atoms with Crippen LogP contribution in [0.15, 0.2) is 35.7 Å². The van der Waals surface area contributed by atoms with Crippen LogP contribution < -0.4 is 5.32 Å².